The Morgan fingerprint density at radius 2 is 1.90 bits per heavy atom. The lowest BCUT2D eigenvalue weighted by Gasteiger charge is -2.23. The minimum Gasteiger partial charge on any atom is -0.370 e. The van der Waals surface area contributed by atoms with E-state index in [1.807, 2.05) is 6.07 Å². The molecule has 0 saturated carbocycles. The van der Waals surface area contributed by atoms with Crippen LogP contribution in [0.25, 0.3) is 0 Å². The average molecular weight is 308 g/mol. The Labute approximate surface area is 132 Å². The third-order valence-corrected chi connectivity index (χ3v) is 4.94. The first-order valence-electron chi connectivity index (χ1n) is 7.98. The van der Waals surface area contributed by atoms with Crippen molar-refractivity contribution in [1.29, 1.82) is 0 Å². The van der Waals surface area contributed by atoms with Gasteiger partial charge in [-0.2, -0.15) is 11.8 Å². The molecule has 1 fully saturated rings. The summed E-state index contributed by atoms with van der Waals surface area (Å²) in [7, 11) is 0. The SMILES string of the molecule is CCNc1cc(NCC2CCCCS2)nc(C(C)(C)C)n1. The lowest BCUT2D eigenvalue weighted by Crippen LogP contribution is -2.22. The average Bonchev–Trinajstić information content (AvgIpc) is 2.45. The van der Waals surface area contributed by atoms with Crippen molar-refractivity contribution < 1.29 is 0 Å². The summed E-state index contributed by atoms with van der Waals surface area (Å²) in [5.41, 5.74) is -0.0402. The van der Waals surface area contributed by atoms with E-state index in [1.165, 1.54) is 25.0 Å². The zero-order chi connectivity index (χ0) is 15.3. The summed E-state index contributed by atoms with van der Waals surface area (Å²) in [4.78, 5) is 9.32. The van der Waals surface area contributed by atoms with Gasteiger partial charge >= 0.3 is 0 Å². The molecular weight excluding hydrogens is 280 g/mol. The Morgan fingerprint density at radius 1 is 1.19 bits per heavy atom. The van der Waals surface area contributed by atoms with Crippen LogP contribution in [-0.4, -0.2) is 34.1 Å². The van der Waals surface area contributed by atoms with Crippen molar-refractivity contribution in [1.82, 2.24) is 9.97 Å². The van der Waals surface area contributed by atoms with Crippen LogP contribution in [0.3, 0.4) is 0 Å². The van der Waals surface area contributed by atoms with Crippen LogP contribution in [0.2, 0.25) is 0 Å². The molecule has 1 aliphatic rings. The smallest absolute Gasteiger partial charge is 0.138 e. The summed E-state index contributed by atoms with van der Waals surface area (Å²) in [5.74, 6) is 4.04. The van der Waals surface area contributed by atoms with Crippen LogP contribution >= 0.6 is 11.8 Å². The molecule has 1 aromatic heterocycles. The number of thioether (sulfide) groups is 1. The Kier molecular flexibility index (Phi) is 5.73. The number of anilines is 2. The van der Waals surface area contributed by atoms with Crippen LogP contribution < -0.4 is 10.6 Å². The van der Waals surface area contributed by atoms with E-state index in [-0.39, 0.29) is 5.41 Å². The minimum absolute atomic E-state index is 0.0402. The van der Waals surface area contributed by atoms with E-state index in [4.69, 9.17) is 4.98 Å². The maximum atomic E-state index is 4.70. The van der Waals surface area contributed by atoms with Crippen molar-refractivity contribution in [2.24, 2.45) is 0 Å². The highest BCUT2D eigenvalue weighted by Crippen LogP contribution is 2.26. The van der Waals surface area contributed by atoms with Crippen LogP contribution in [0.4, 0.5) is 11.6 Å². The van der Waals surface area contributed by atoms with Gasteiger partial charge in [-0.05, 0) is 25.5 Å². The van der Waals surface area contributed by atoms with Crippen LogP contribution in [-0.2, 0) is 5.41 Å². The molecule has 2 N–H and O–H groups in total. The minimum atomic E-state index is -0.0402. The van der Waals surface area contributed by atoms with Gasteiger partial charge in [0.15, 0.2) is 0 Å². The highest BCUT2D eigenvalue weighted by Gasteiger charge is 2.20. The molecule has 0 bridgehead atoms. The second-order valence-electron chi connectivity index (χ2n) is 6.61. The van der Waals surface area contributed by atoms with E-state index < -0.39 is 0 Å². The number of rotatable bonds is 5. The monoisotopic (exact) mass is 308 g/mol. The van der Waals surface area contributed by atoms with E-state index in [2.05, 4.69) is 55.1 Å². The van der Waals surface area contributed by atoms with Gasteiger partial charge in [-0.1, -0.05) is 27.2 Å². The fourth-order valence-corrected chi connectivity index (χ4v) is 3.57. The maximum Gasteiger partial charge on any atom is 0.138 e. The second-order valence-corrected chi connectivity index (χ2v) is 8.02. The summed E-state index contributed by atoms with van der Waals surface area (Å²) in [5, 5.41) is 7.53. The highest BCUT2D eigenvalue weighted by atomic mass is 32.2. The molecule has 1 atom stereocenters. The zero-order valence-electron chi connectivity index (χ0n) is 13.7. The van der Waals surface area contributed by atoms with Crippen molar-refractivity contribution in [2.45, 2.75) is 57.6 Å². The molecule has 0 aromatic carbocycles. The predicted molar refractivity (Wildman–Crippen MR) is 93.5 cm³/mol. The Balaban J connectivity index is 2.07. The van der Waals surface area contributed by atoms with Crippen molar-refractivity contribution in [2.75, 3.05) is 29.5 Å². The summed E-state index contributed by atoms with van der Waals surface area (Å²) >= 11 is 2.09. The summed E-state index contributed by atoms with van der Waals surface area (Å²) in [6.07, 6.45) is 4.04. The van der Waals surface area contributed by atoms with Gasteiger partial charge in [-0.25, -0.2) is 9.97 Å². The molecule has 118 valence electrons. The first kappa shape index (κ1) is 16.4. The van der Waals surface area contributed by atoms with Gasteiger partial charge in [0.25, 0.3) is 0 Å². The molecular formula is C16H28N4S. The summed E-state index contributed by atoms with van der Waals surface area (Å²) in [6, 6.07) is 2.02. The number of hydrogen-bond acceptors (Lipinski definition) is 5. The molecule has 5 heteroatoms. The van der Waals surface area contributed by atoms with Crippen molar-refractivity contribution in [3.05, 3.63) is 11.9 Å². The van der Waals surface area contributed by atoms with Gasteiger partial charge < -0.3 is 10.6 Å². The van der Waals surface area contributed by atoms with E-state index >= 15 is 0 Å². The molecule has 0 aliphatic carbocycles. The molecule has 21 heavy (non-hydrogen) atoms. The molecule has 1 aliphatic heterocycles. The van der Waals surface area contributed by atoms with Gasteiger partial charge in [0, 0.05) is 29.8 Å². The maximum absolute atomic E-state index is 4.70. The van der Waals surface area contributed by atoms with Gasteiger partial charge in [0.05, 0.1) is 0 Å². The highest BCUT2D eigenvalue weighted by molar-refractivity contribution is 7.99. The van der Waals surface area contributed by atoms with Crippen molar-refractivity contribution >= 4 is 23.4 Å². The lowest BCUT2D eigenvalue weighted by molar-refractivity contribution is 0.546. The molecule has 4 nitrogen and oxygen atoms in total. The van der Waals surface area contributed by atoms with E-state index in [1.54, 1.807) is 0 Å². The molecule has 1 unspecified atom stereocenters. The van der Waals surface area contributed by atoms with Crippen molar-refractivity contribution in [3.8, 4) is 0 Å². The first-order chi connectivity index (χ1) is 9.99. The molecule has 0 radical (unpaired) electrons. The molecule has 0 amide bonds. The van der Waals surface area contributed by atoms with Gasteiger partial charge in [0.2, 0.25) is 0 Å². The summed E-state index contributed by atoms with van der Waals surface area (Å²) < 4.78 is 0. The standard InChI is InChI=1S/C16H28N4S/c1-5-17-13-10-14(20-15(19-13)16(2,3)4)18-11-12-8-6-7-9-21-12/h10,12H,5-9,11H2,1-4H3,(H2,17,18,19,20). The fourth-order valence-electron chi connectivity index (χ4n) is 2.33. The first-order valence-corrected chi connectivity index (χ1v) is 9.03. The van der Waals surface area contributed by atoms with Crippen LogP contribution in [0.15, 0.2) is 6.07 Å². The Morgan fingerprint density at radius 3 is 2.48 bits per heavy atom. The topological polar surface area (TPSA) is 49.8 Å². The lowest BCUT2D eigenvalue weighted by atomic mass is 9.96. The van der Waals surface area contributed by atoms with Crippen LogP contribution in [0.5, 0.6) is 0 Å². The summed E-state index contributed by atoms with van der Waals surface area (Å²) in [6.45, 7) is 10.4. The van der Waals surface area contributed by atoms with Crippen molar-refractivity contribution in [3.63, 3.8) is 0 Å². The second kappa shape index (κ2) is 7.34. The molecule has 2 rings (SSSR count). The Bertz CT molecular complexity index is 450. The van der Waals surface area contributed by atoms with Gasteiger partial charge in [0.1, 0.15) is 17.5 Å². The molecule has 2 heterocycles. The van der Waals surface area contributed by atoms with E-state index in [9.17, 15) is 0 Å². The largest absolute Gasteiger partial charge is 0.370 e. The normalized spacial score (nSPS) is 19.3. The third kappa shape index (κ3) is 5.06. The number of nitrogens with one attached hydrogen (secondary N) is 2. The number of hydrogen-bond donors (Lipinski definition) is 2. The van der Waals surface area contributed by atoms with E-state index in [0.717, 1.165) is 35.8 Å². The third-order valence-electron chi connectivity index (χ3n) is 3.54. The van der Waals surface area contributed by atoms with Gasteiger partial charge in [-0.3, -0.25) is 0 Å². The van der Waals surface area contributed by atoms with E-state index in [0.29, 0.717) is 0 Å². The molecule has 1 aromatic rings. The number of nitrogens with zero attached hydrogens (tertiary/aromatic N) is 2. The molecule has 1 saturated heterocycles. The van der Waals surface area contributed by atoms with Gasteiger partial charge in [-0.15, -0.1) is 0 Å². The molecule has 0 spiro atoms. The fraction of sp³-hybridized carbons (Fsp3) is 0.750. The van der Waals surface area contributed by atoms with Crippen LogP contribution in [0, 0.1) is 0 Å². The quantitative estimate of drug-likeness (QED) is 0.864. The Hall–Kier alpha value is -0.970. The predicted octanol–water partition coefficient (Wildman–Crippen LogP) is 3.90. The zero-order valence-corrected chi connectivity index (χ0v) is 14.5. The number of aromatic nitrogens is 2. The van der Waals surface area contributed by atoms with Crippen LogP contribution in [0.1, 0.15) is 52.8 Å².